The van der Waals surface area contributed by atoms with Gasteiger partial charge in [-0.1, -0.05) is 45.0 Å². The van der Waals surface area contributed by atoms with E-state index in [-0.39, 0.29) is 23.5 Å². The number of hydrogen-bond donors (Lipinski definition) is 2. The number of nitrogens with one attached hydrogen (secondary N) is 1. The molecule has 0 unspecified atom stereocenters. The number of aromatic nitrogens is 1. The number of amides is 1. The summed E-state index contributed by atoms with van der Waals surface area (Å²) in [6.45, 7) is 10.1. The van der Waals surface area contributed by atoms with Gasteiger partial charge in [-0.15, -0.1) is 17.0 Å². The molecule has 1 amide bonds. The molecule has 10 heteroatoms. The van der Waals surface area contributed by atoms with Crippen molar-refractivity contribution in [3.63, 3.8) is 0 Å². The second-order valence-corrected chi connectivity index (χ2v) is 16.7. The molecule has 234 valence electrons. The Bertz CT molecular complexity index is 1590. The minimum absolute atomic E-state index is 0. The highest BCUT2D eigenvalue weighted by atomic mass is 32.2. The summed E-state index contributed by atoms with van der Waals surface area (Å²) in [4.78, 5) is 22.8. The Morgan fingerprint density at radius 3 is 2.72 bits per heavy atom. The summed E-state index contributed by atoms with van der Waals surface area (Å²) in [7, 11) is -3.53. The Kier molecular flexibility index (Phi) is 8.97. The highest BCUT2D eigenvalue weighted by molar-refractivity contribution is 7.93. The van der Waals surface area contributed by atoms with Gasteiger partial charge in [0.1, 0.15) is 4.83 Å². The van der Waals surface area contributed by atoms with Crippen molar-refractivity contribution < 1.29 is 13.2 Å². The number of likely N-dealkylation sites (tertiary alicyclic amines) is 1. The normalized spacial score (nSPS) is 20.7. The maximum atomic E-state index is 13.7. The lowest BCUT2D eigenvalue weighted by Crippen LogP contribution is -2.39. The molecule has 1 saturated heterocycles. The first-order valence-electron chi connectivity index (χ1n) is 15.3. The van der Waals surface area contributed by atoms with Crippen LogP contribution in [0.4, 0.5) is 5.69 Å². The lowest BCUT2D eigenvalue weighted by molar-refractivity contribution is 0.0930. The molecule has 0 bridgehead atoms. The van der Waals surface area contributed by atoms with Crippen LogP contribution in [0.2, 0.25) is 0 Å². The fourth-order valence-electron chi connectivity index (χ4n) is 6.91. The number of hydrogen-bond acceptors (Lipinski definition) is 6. The van der Waals surface area contributed by atoms with Gasteiger partial charge in [-0.05, 0) is 97.9 Å². The van der Waals surface area contributed by atoms with E-state index in [0.717, 1.165) is 67.4 Å². The monoisotopic (exact) mass is 625 g/mol. The molecule has 1 aromatic carbocycles. The van der Waals surface area contributed by atoms with Crippen molar-refractivity contribution in [2.75, 3.05) is 25.9 Å². The van der Waals surface area contributed by atoms with Crippen molar-refractivity contribution in [3.05, 3.63) is 62.8 Å². The first-order chi connectivity index (χ1) is 19.9. The van der Waals surface area contributed by atoms with Gasteiger partial charge in [-0.3, -0.25) is 4.79 Å². The zero-order chi connectivity index (χ0) is 29.7. The molecule has 0 radical (unpaired) electrons. The van der Waals surface area contributed by atoms with E-state index in [4.69, 9.17) is 4.98 Å². The average Bonchev–Trinajstić information content (AvgIpc) is 3.52. The lowest BCUT2D eigenvalue weighted by Gasteiger charge is -2.34. The molecule has 1 saturated carbocycles. The summed E-state index contributed by atoms with van der Waals surface area (Å²) >= 11 is 1.46. The molecule has 2 atom stereocenters. The van der Waals surface area contributed by atoms with Crippen LogP contribution in [-0.2, 0) is 22.9 Å². The predicted octanol–water partition coefficient (Wildman–Crippen LogP) is 7.53. The molecule has 6 rings (SSSR count). The standard InChI is InChI=1S/C33H43N4O3S2.H3N/c1-32(2,3)25-9-10-27-23(18-25)17-24-20-29(41-31(24)35-27)30(38)34-28(11-16-37-15-6-12-33(21-37)13-14-33)22-7-5-8-26(19-22)36-42(4,39)40;/h5,7-8,17,19-20,25,28H,6,9-16,18,21H2,1-4H3,(H,34,38);1H3/q-1;/p+1/t25-,28+;/m0./s1. The Morgan fingerprint density at radius 1 is 1.21 bits per heavy atom. The molecule has 1 spiro atoms. The van der Waals surface area contributed by atoms with Gasteiger partial charge < -0.3 is 21.1 Å². The van der Waals surface area contributed by atoms with E-state index in [2.05, 4.69) is 41.8 Å². The number of fused-ring (bicyclic) bond motifs is 2. The Morgan fingerprint density at radius 2 is 2.00 bits per heavy atom. The second kappa shape index (κ2) is 12.1. The van der Waals surface area contributed by atoms with Gasteiger partial charge in [-0.2, -0.15) is 0 Å². The van der Waals surface area contributed by atoms with E-state index in [0.29, 0.717) is 21.9 Å². The number of carbonyl (C=O) groups is 1. The maximum absolute atomic E-state index is 13.7. The molecule has 2 aromatic heterocycles. The number of thiophene rings is 1. The number of nitrogens with zero attached hydrogens (tertiary/aromatic N) is 3. The van der Waals surface area contributed by atoms with Crippen molar-refractivity contribution in [1.82, 2.24) is 21.4 Å². The second-order valence-electron chi connectivity index (χ2n) is 14.0. The third kappa shape index (κ3) is 7.59. The van der Waals surface area contributed by atoms with Gasteiger partial charge in [0.2, 0.25) is 0 Å². The minimum Gasteiger partial charge on any atom is -0.577 e. The third-order valence-electron chi connectivity index (χ3n) is 9.60. The van der Waals surface area contributed by atoms with E-state index < -0.39 is 10.0 Å². The van der Waals surface area contributed by atoms with Crippen molar-refractivity contribution in [2.45, 2.75) is 78.2 Å². The predicted molar refractivity (Wildman–Crippen MR) is 177 cm³/mol. The van der Waals surface area contributed by atoms with Gasteiger partial charge in [0.15, 0.2) is 0 Å². The highest BCUT2D eigenvalue weighted by Gasteiger charge is 2.45. The van der Waals surface area contributed by atoms with E-state index in [1.54, 1.807) is 12.1 Å². The fourth-order valence-corrected chi connectivity index (χ4v) is 8.35. The summed E-state index contributed by atoms with van der Waals surface area (Å²) in [5, 5.41) is 4.33. The van der Waals surface area contributed by atoms with Crippen LogP contribution in [0.1, 0.15) is 91.8 Å². The van der Waals surface area contributed by atoms with Crippen molar-refractivity contribution in [3.8, 4) is 0 Å². The zero-order valence-corrected chi connectivity index (χ0v) is 27.9. The van der Waals surface area contributed by atoms with E-state index in [1.807, 2.05) is 18.2 Å². The van der Waals surface area contributed by atoms with E-state index in [9.17, 15) is 13.2 Å². The van der Waals surface area contributed by atoms with Crippen LogP contribution >= 0.6 is 11.3 Å². The summed E-state index contributed by atoms with van der Waals surface area (Å²) in [5.41, 5.74) is 4.54. The molecular weight excluding hydrogens is 579 g/mol. The van der Waals surface area contributed by atoms with Gasteiger partial charge in [0.25, 0.3) is 5.91 Å². The zero-order valence-electron chi connectivity index (χ0n) is 26.3. The largest absolute Gasteiger partial charge is 0.577 e. The van der Waals surface area contributed by atoms with Gasteiger partial charge in [-0.25, -0.2) is 13.4 Å². The number of benzene rings is 1. The first kappa shape index (κ1) is 31.9. The molecular formula is C33H47N5O3S2. The SMILES string of the molecule is CC(C)(C)[C@H]1CCc2nc3sc(C(=O)N[C@H](CCN4CCCC5(CC5)C4)c4cccc([N-]S(C)(=O)=O)c4)cc3cc2C1.[NH4+]. The summed E-state index contributed by atoms with van der Waals surface area (Å²) in [6.07, 6.45) is 10.2. The maximum Gasteiger partial charge on any atom is 0.261 e. The number of quaternary nitrogens is 1. The van der Waals surface area contributed by atoms with Crippen LogP contribution in [0, 0.1) is 16.7 Å². The van der Waals surface area contributed by atoms with E-state index >= 15 is 0 Å². The van der Waals surface area contributed by atoms with Crippen molar-refractivity contribution >= 4 is 43.2 Å². The Hall–Kier alpha value is -2.53. The fraction of sp³-hybridized carbons (Fsp3) is 0.576. The van der Waals surface area contributed by atoms with E-state index in [1.165, 1.54) is 48.3 Å². The summed E-state index contributed by atoms with van der Waals surface area (Å²) in [6, 6.07) is 11.2. The van der Waals surface area contributed by atoms with Crippen LogP contribution in [0.5, 0.6) is 0 Å². The Labute approximate surface area is 260 Å². The number of carbonyl (C=O) groups excluding carboxylic acids is 1. The van der Waals surface area contributed by atoms with Crippen LogP contribution < -0.4 is 11.5 Å². The average molecular weight is 626 g/mol. The van der Waals surface area contributed by atoms with Gasteiger partial charge in [0.05, 0.1) is 20.9 Å². The first-order valence-corrected chi connectivity index (χ1v) is 18.0. The molecule has 8 nitrogen and oxygen atoms in total. The van der Waals surface area contributed by atoms with Gasteiger partial charge >= 0.3 is 0 Å². The molecule has 3 aromatic rings. The third-order valence-corrected chi connectivity index (χ3v) is 11.2. The molecule has 3 aliphatic rings. The van der Waals surface area contributed by atoms with Crippen LogP contribution in [-0.4, -0.2) is 50.1 Å². The highest BCUT2D eigenvalue weighted by Crippen LogP contribution is 2.52. The van der Waals surface area contributed by atoms with Crippen molar-refractivity contribution in [2.24, 2.45) is 16.7 Å². The van der Waals surface area contributed by atoms with Gasteiger partial charge in [0, 0.05) is 30.4 Å². The summed E-state index contributed by atoms with van der Waals surface area (Å²) in [5.74, 6) is 0.516. The molecule has 1 aliphatic heterocycles. The number of aryl methyl sites for hydroxylation is 1. The lowest BCUT2D eigenvalue weighted by atomic mass is 9.71. The number of sulfonamides is 1. The number of piperidine rings is 1. The topological polar surface area (TPSA) is 130 Å². The van der Waals surface area contributed by atoms with Crippen LogP contribution in [0.15, 0.2) is 36.4 Å². The molecule has 3 heterocycles. The quantitative estimate of drug-likeness (QED) is 0.267. The molecule has 5 N–H and O–H groups in total. The Balaban J connectivity index is 0.00000368. The van der Waals surface area contributed by atoms with Crippen LogP contribution in [0.25, 0.3) is 14.9 Å². The smallest absolute Gasteiger partial charge is 0.261 e. The molecule has 2 aliphatic carbocycles. The number of rotatable bonds is 8. The summed E-state index contributed by atoms with van der Waals surface area (Å²) < 4.78 is 27.6. The minimum atomic E-state index is -3.53. The van der Waals surface area contributed by atoms with Crippen molar-refractivity contribution in [1.29, 1.82) is 0 Å². The number of pyridine rings is 1. The van der Waals surface area contributed by atoms with Crippen LogP contribution in [0.3, 0.4) is 0 Å². The molecule has 43 heavy (non-hydrogen) atoms. The molecule has 2 fully saturated rings.